The minimum absolute atomic E-state index is 0.0611. The minimum Gasteiger partial charge on any atom is -0.364 e. The predicted molar refractivity (Wildman–Crippen MR) is 159 cm³/mol. The Labute approximate surface area is 234 Å². The number of halogens is 3. The Morgan fingerprint density at radius 2 is 1.82 bits per heavy atom. The highest BCUT2D eigenvalue weighted by atomic mass is 35.5. The summed E-state index contributed by atoms with van der Waals surface area (Å²) >= 11 is 6.32. The van der Waals surface area contributed by atoms with Crippen LogP contribution in [-0.4, -0.2) is 74.6 Å². The van der Waals surface area contributed by atoms with Crippen molar-refractivity contribution in [2.45, 2.75) is 51.7 Å². The molecule has 212 valence electrons. The number of hydrogen-bond donors (Lipinski definition) is 1. The summed E-state index contributed by atoms with van der Waals surface area (Å²) in [5.74, 6) is 0. The van der Waals surface area contributed by atoms with Crippen LogP contribution in [0.3, 0.4) is 0 Å². The lowest BCUT2D eigenvalue weighted by Gasteiger charge is -2.32. The first-order chi connectivity index (χ1) is 18.2. The fourth-order valence-corrected chi connectivity index (χ4v) is 4.33. The van der Waals surface area contributed by atoms with Crippen molar-refractivity contribution in [1.29, 1.82) is 0 Å². The lowest BCUT2D eigenvalue weighted by molar-refractivity contribution is 0.175. The van der Waals surface area contributed by atoms with E-state index in [-0.39, 0.29) is 18.0 Å². The lowest BCUT2D eigenvalue weighted by atomic mass is 10.00. The van der Waals surface area contributed by atoms with Gasteiger partial charge in [0.25, 0.3) is 6.43 Å². The second kappa shape index (κ2) is 18.1. The number of pyridine rings is 1. The second-order valence-corrected chi connectivity index (χ2v) is 9.96. The van der Waals surface area contributed by atoms with Gasteiger partial charge in [0.1, 0.15) is 0 Å². The van der Waals surface area contributed by atoms with Crippen LogP contribution in [0.25, 0.3) is 0 Å². The van der Waals surface area contributed by atoms with Crippen LogP contribution in [0.1, 0.15) is 44.0 Å². The van der Waals surface area contributed by atoms with Gasteiger partial charge in [-0.05, 0) is 76.3 Å². The Balaban J connectivity index is 0.00000352. The molecule has 38 heavy (non-hydrogen) atoms. The van der Waals surface area contributed by atoms with Crippen molar-refractivity contribution in [3.8, 4) is 0 Å². The van der Waals surface area contributed by atoms with Gasteiger partial charge in [0.05, 0.1) is 12.2 Å². The van der Waals surface area contributed by atoms with E-state index in [9.17, 15) is 8.78 Å². The Kier molecular flexibility index (Phi) is 16.0. The van der Waals surface area contributed by atoms with Crippen molar-refractivity contribution in [2.75, 3.05) is 52.2 Å². The zero-order valence-corrected chi connectivity index (χ0v) is 24.5. The van der Waals surface area contributed by atoms with Crippen LogP contribution in [0.4, 0.5) is 14.5 Å². The Hall–Kier alpha value is -2.32. The number of hydrogen-bond acceptors (Lipinski definition) is 5. The summed E-state index contributed by atoms with van der Waals surface area (Å²) in [5.41, 5.74) is 2.80. The van der Waals surface area contributed by atoms with E-state index in [0.29, 0.717) is 17.6 Å². The van der Waals surface area contributed by atoms with Gasteiger partial charge < -0.3 is 15.1 Å². The highest BCUT2D eigenvalue weighted by Gasteiger charge is 2.20. The number of nitrogens with one attached hydrogen (secondary N) is 1. The topological polar surface area (TPSA) is 34.6 Å². The maximum Gasteiger partial charge on any atom is 0.259 e. The third-order valence-corrected chi connectivity index (χ3v) is 6.90. The molecule has 0 saturated heterocycles. The fraction of sp³-hybridized carbons (Fsp3) is 0.500. The average molecular weight is 550 g/mol. The molecule has 0 spiro atoms. The van der Waals surface area contributed by atoms with E-state index >= 15 is 0 Å². The van der Waals surface area contributed by atoms with Gasteiger partial charge in [0, 0.05) is 55.2 Å². The summed E-state index contributed by atoms with van der Waals surface area (Å²) in [6, 6.07) is 12.2. The smallest absolute Gasteiger partial charge is 0.259 e. The molecule has 1 aromatic carbocycles. The van der Waals surface area contributed by atoms with E-state index in [0.717, 1.165) is 49.5 Å². The summed E-state index contributed by atoms with van der Waals surface area (Å²) < 4.78 is 26.2. The molecular weight excluding hydrogens is 504 g/mol. The minimum atomic E-state index is -2.52. The van der Waals surface area contributed by atoms with E-state index in [1.165, 1.54) is 0 Å². The molecule has 2 unspecified atom stereocenters. The quantitative estimate of drug-likeness (QED) is 0.236. The van der Waals surface area contributed by atoms with Gasteiger partial charge in [-0.3, -0.25) is 9.88 Å². The summed E-state index contributed by atoms with van der Waals surface area (Å²) in [6.45, 7) is 18.3. The molecule has 0 fully saturated rings. The molecule has 0 saturated carbocycles. The SMILES string of the molecule is C=C.C=C(CC(c1ccc(CN(CCN(CCNC)C(C)CC)c2cccc(Cl)c2)nc1)N(C)C)C(F)F. The molecule has 0 radical (unpaired) electrons. The molecule has 0 amide bonds. The molecule has 1 N–H and O–H groups in total. The molecule has 0 aliphatic rings. The normalized spacial score (nSPS) is 12.8. The molecule has 2 atom stereocenters. The van der Waals surface area contributed by atoms with E-state index in [2.05, 4.69) is 54.8 Å². The molecule has 8 heteroatoms. The number of likely N-dealkylation sites (N-methyl/N-ethyl adjacent to an activating group) is 1. The highest BCUT2D eigenvalue weighted by Crippen LogP contribution is 2.28. The first kappa shape index (κ1) is 33.7. The van der Waals surface area contributed by atoms with Crippen LogP contribution in [0.5, 0.6) is 0 Å². The first-order valence-corrected chi connectivity index (χ1v) is 13.5. The van der Waals surface area contributed by atoms with Crippen LogP contribution in [0.2, 0.25) is 5.02 Å². The standard InChI is InChI=1S/C28H42ClF2N5.C2H4/c1-7-22(3)35(14-13-32-4)15-16-36(26-10-8-9-24(29)18-26)20-25-12-11-23(19-33-25)27(34(5)6)17-21(2)28(30)31;1-2/h8-12,18-19,22,27-28,32H,2,7,13-17,20H2,1,3-6H3;1-2H2. The number of aromatic nitrogens is 1. The van der Waals surface area contributed by atoms with Crippen LogP contribution in [0.15, 0.2) is 67.9 Å². The lowest BCUT2D eigenvalue weighted by Crippen LogP contribution is -2.42. The molecule has 1 aromatic heterocycles. The molecule has 1 heterocycles. The number of benzene rings is 1. The molecule has 0 aliphatic heterocycles. The van der Waals surface area contributed by atoms with Gasteiger partial charge in [-0.1, -0.05) is 37.2 Å². The summed E-state index contributed by atoms with van der Waals surface area (Å²) in [4.78, 5) is 11.4. The highest BCUT2D eigenvalue weighted by molar-refractivity contribution is 6.30. The van der Waals surface area contributed by atoms with Crippen molar-refractivity contribution < 1.29 is 8.78 Å². The number of alkyl halides is 2. The third kappa shape index (κ3) is 11.2. The van der Waals surface area contributed by atoms with Crippen LogP contribution in [-0.2, 0) is 6.54 Å². The molecular formula is C30H46ClF2N5. The zero-order valence-electron chi connectivity index (χ0n) is 23.8. The van der Waals surface area contributed by atoms with Gasteiger partial charge in [-0.2, -0.15) is 0 Å². The maximum absolute atomic E-state index is 13.1. The molecule has 0 bridgehead atoms. The second-order valence-electron chi connectivity index (χ2n) is 9.52. The molecule has 2 aromatic rings. The number of anilines is 1. The van der Waals surface area contributed by atoms with Crippen molar-refractivity contribution in [2.24, 2.45) is 0 Å². The summed E-state index contributed by atoms with van der Waals surface area (Å²) in [7, 11) is 5.75. The Bertz CT molecular complexity index is 938. The average Bonchev–Trinajstić information content (AvgIpc) is 2.91. The maximum atomic E-state index is 13.1. The zero-order chi connectivity index (χ0) is 28.7. The number of rotatable bonds is 16. The Morgan fingerprint density at radius 3 is 2.34 bits per heavy atom. The molecule has 0 aliphatic carbocycles. The van der Waals surface area contributed by atoms with Gasteiger partial charge in [-0.15, -0.1) is 13.2 Å². The van der Waals surface area contributed by atoms with Gasteiger partial charge >= 0.3 is 0 Å². The van der Waals surface area contributed by atoms with Crippen LogP contribution < -0.4 is 10.2 Å². The van der Waals surface area contributed by atoms with Crippen LogP contribution >= 0.6 is 11.6 Å². The predicted octanol–water partition coefficient (Wildman–Crippen LogP) is 6.68. The fourth-order valence-electron chi connectivity index (χ4n) is 4.15. The van der Waals surface area contributed by atoms with Crippen molar-refractivity contribution >= 4 is 17.3 Å². The van der Waals surface area contributed by atoms with Gasteiger partial charge in [0.2, 0.25) is 0 Å². The van der Waals surface area contributed by atoms with E-state index < -0.39 is 6.43 Å². The summed E-state index contributed by atoms with van der Waals surface area (Å²) in [5, 5.41) is 3.95. The van der Waals surface area contributed by atoms with Crippen molar-refractivity contribution in [1.82, 2.24) is 20.1 Å². The largest absolute Gasteiger partial charge is 0.364 e. The van der Waals surface area contributed by atoms with E-state index in [1.807, 2.05) is 56.4 Å². The molecule has 5 nitrogen and oxygen atoms in total. The third-order valence-electron chi connectivity index (χ3n) is 6.67. The van der Waals surface area contributed by atoms with Gasteiger partial charge in [0.15, 0.2) is 0 Å². The van der Waals surface area contributed by atoms with Crippen LogP contribution in [0, 0.1) is 0 Å². The van der Waals surface area contributed by atoms with E-state index in [4.69, 9.17) is 16.6 Å². The number of nitrogens with zero attached hydrogens (tertiary/aromatic N) is 4. The molecule has 2 rings (SSSR count). The summed E-state index contributed by atoms with van der Waals surface area (Å²) in [6.07, 6.45) is 0.565. The van der Waals surface area contributed by atoms with Crippen molar-refractivity contribution in [3.05, 3.63) is 84.2 Å². The monoisotopic (exact) mass is 549 g/mol. The Morgan fingerprint density at radius 1 is 1.11 bits per heavy atom. The van der Waals surface area contributed by atoms with E-state index in [1.54, 1.807) is 6.20 Å². The van der Waals surface area contributed by atoms with Crippen molar-refractivity contribution in [3.63, 3.8) is 0 Å². The van der Waals surface area contributed by atoms with Gasteiger partial charge in [-0.25, -0.2) is 8.78 Å². The first-order valence-electron chi connectivity index (χ1n) is 13.1.